The Balaban J connectivity index is 1.11. The quantitative estimate of drug-likeness (QED) is 0.167. The molecule has 0 unspecified atom stereocenters. The van der Waals surface area contributed by atoms with E-state index in [1.54, 1.807) is 0 Å². The van der Waals surface area contributed by atoms with Crippen molar-refractivity contribution < 1.29 is 0 Å². The maximum atomic E-state index is 10.4. The molecule has 0 saturated heterocycles. The van der Waals surface area contributed by atoms with Gasteiger partial charge >= 0.3 is 0 Å². The lowest BCUT2D eigenvalue weighted by atomic mass is 10.1. The molecule has 0 radical (unpaired) electrons. The molecule has 7 nitrogen and oxygen atoms in total. The lowest BCUT2D eigenvalue weighted by Crippen LogP contribution is -2.04. The number of aromatic nitrogens is 6. The van der Waals surface area contributed by atoms with Crippen LogP contribution in [0, 0.1) is 11.3 Å². The average Bonchev–Trinajstić information content (AvgIpc) is 4.02. The number of nitrogens with zero attached hydrogens (tertiary/aromatic N) is 7. The molecule has 0 aliphatic carbocycles. The Hall–Kier alpha value is -9.12. The van der Waals surface area contributed by atoms with Gasteiger partial charge in [-0.2, -0.15) is 5.26 Å². The zero-order valence-electron chi connectivity index (χ0n) is 34.8. The van der Waals surface area contributed by atoms with Crippen molar-refractivity contribution in [3.8, 4) is 57.3 Å². The normalized spacial score (nSPS) is 11.7. The topological polar surface area (TPSA) is 77.2 Å². The molecule has 0 bridgehead atoms. The molecule has 13 aromatic rings. The van der Waals surface area contributed by atoms with E-state index >= 15 is 0 Å². The second kappa shape index (κ2) is 14.5. The Labute approximate surface area is 373 Å². The van der Waals surface area contributed by atoms with Crippen molar-refractivity contribution >= 4 is 65.4 Å². The third-order valence-corrected chi connectivity index (χ3v) is 12.7. The van der Waals surface area contributed by atoms with Gasteiger partial charge in [-0.1, -0.05) is 133 Å². The number of rotatable bonds is 6. The van der Waals surface area contributed by atoms with E-state index in [-0.39, 0.29) is 0 Å². The minimum absolute atomic E-state index is 0.476. The summed E-state index contributed by atoms with van der Waals surface area (Å²) in [4.78, 5) is 15.3. The highest BCUT2D eigenvalue weighted by Crippen LogP contribution is 2.41. The van der Waals surface area contributed by atoms with Crippen LogP contribution in [0.5, 0.6) is 0 Å². The molecule has 4 aromatic heterocycles. The number of para-hydroxylation sites is 4. The summed E-state index contributed by atoms with van der Waals surface area (Å²) in [6.45, 7) is 0. The summed E-state index contributed by atoms with van der Waals surface area (Å²) in [7, 11) is 0. The molecule has 4 heterocycles. The molecule has 0 aliphatic rings. The minimum Gasteiger partial charge on any atom is -0.309 e. The summed E-state index contributed by atoms with van der Waals surface area (Å²) in [6, 6.07) is 76.3. The van der Waals surface area contributed by atoms with Crippen molar-refractivity contribution in [2.45, 2.75) is 0 Å². The number of hydrogen-bond acceptors (Lipinski definition) is 4. The Morgan fingerprint density at radius 2 is 0.708 bits per heavy atom. The summed E-state index contributed by atoms with van der Waals surface area (Å²) in [5.41, 5.74) is 12.6. The van der Waals surface area contributed by atoms with Gasteiger partial charge in [-0.15, -0.1) is 0 Å². The molecule has 65 heavy (non-hydrogen) atoms. The Morgan fingerprint density at radius 1 is 0.323 bits per heavy atom. The Morgan fingerprint density at radius 3 is 1.14 bits per heavy atom. The molecule has 302 valence electrons. The van der Waals surface area contributed by atoms with Gasteiger partial charge < -0.3 is 13.7 Å². The van der Waals surface area contributed by atoms with E-state index in [0.717, 1.165) is 77.6 Å². The highest BCUT2D eigenvalue weighted by atomic mass is 15.1. The first-order valence-electron chi connectivity index (χ1n) is 21.7. The molecule has 7 heteroatoms. The largest absolute Gasteiger partial charge is 0.309 e. The minimum atomic E-state index is 0.476. The van der Waals surface area contributed by atoms with Crippen LogP contribution in [-0.2, 0) is 0 Å². The third kappa shape index (κ3) is 5.71. The number of nitriles is 1. The molecule has 0 fully saturated rings. The second-order valence-electron chi connectivity index (χ2n) is 16.4. The Kier molecular flexibility index (Phi) is 8.14. The van der Waals surface area contributed by atoms with E-state index in [1.165, 1.54) is 21.5 Å². The fourth-order valence-electron chi connectivity index (χ4n) is 9.85. The van der Waals surface area contributed by atoms with Gasteiger partial charge in [-0.25, -0.2) is 15.0 Å². The lowest BCUT2D eigenvalue weighted by molar-refractivity contribution is 1.06. The molecule has 9 aromatic carbocycles. The fraction of sp³-hybridized carbons (Fsp3) is 0. The molecule has 0 atom stereocenters. The van der Waals surface area contributed by atoms with E-state index < -0.39 is 0 Å². The van der Waals surface area contributed by atoms with Gasteiger partial charge in [-0.3, -0.25) is 0 Å². The maximum Gasteiger partial charge on any atom is 0.166 e. The molecular formula is C58H35N7. The molecular weight excluding hydrogens is 795 g/mol. The summed E-state index contributed by atoms with van der Waals surface area (Å²) in [5.74, 6) is 1.58. The zero-order valence-corrected chi connectivity index (χ0v) is 34.8. The average molecular weight is 830 g/mol. The van der Waals surface area contributed by atoms with Gasteiger partial charge in [0.1, 0.15) is 0 Å². The molecule has 0 saturated carbocycles. The van der Waals surface area contributed by atoms with Crippen LogP contribution < -0.4 is 0 Å². The standard InChI is InChI=1S/C58H35N7/c59-36-37-27-30-55(48(33-37)58-61-56(38-15-3-1-4-16-38)60-57(62-58)39-17-5-2-6-18-39)65-53-31-28-40(63-49-23-11-7-19-42(49)43-20-8-12-24-50(43)63)34-46(53)47-35-41(29-32-54(47)65)64-51-25-13-9-21-44(51)45-22-10-14-26-52(45)64/h1-35H. The van der Waals surface area contributed by atoms with Crippen molar-refractivity contribution in [2.75, 3.05) is 0 Å². The molecule has 13 rings (SSSR count). The van der Waals surface area contributed by atoms with Crippen LogP contribution in [0.1, 0.15) is 5.56 Å². The van der Waals surface area contributed by atoms with Crippen LogP contribution in [0.15, 0.2) is 212 Å². The summed E-state index contributed by atoms with van der Waals surface area (Å²) >= 11 is 0. The number of hydrogen-bond donors (Lipinski definition) is 0. The van der Waals surface area contributed by atoms with Gasteiger partial charge in [-0.05, 0) is 78.9 Å². The molecule has 0 aliphatic heterocycles. The van der Waals surface area contributed by atoms with Crippen molar-refractivity contribution in [3.63, 3.8) is 0 Å². The van der Waals surface area contributed by atoms with Crippen LogP contribution in [0.4, 0.5) is 0 Å². The fourth-order valence-corrected chi connectivity index (χ4v) is 9.85. The predicted octanol–water partition coefficient (Wildman–Crippen LogP) is 14.0. The number of benzene rings is 9. The first kappa shape index (κ1) is 36.5. The van der Waals surface area contributed by atoms with E-state index in [2.05, 4.69) is 153 Å². The lowest BCUT2D eigenvalue weighted by Gasteiger charge is -2.15. The van der Waals surface area contributed by atoms with Crippen molar-refractivity contribution in [3.05, 3.63) is 218 Å². The maximum absolute atomic E-state index is 10.4. The van der Waals surface area contributed by atoms with E-state index in [4.69, 9.17) is 15.0 Å². The molecule has 0 amide bonds. The van der Waals surface area contributed by atoms with Crippen molar-refractivity contribution in [1.82, 2.24) is 28.7 Å². The second-order valence-corrected chi connectivity index (χ2v) is 16.4. The first-order chi connectivity index (χ1) is 32.2. The van der Waals surface area contributed by atoms with Gasteiger partial charge in [0.25, 0.3) is 0 Å². The van der Waals surface area contributed by atoms with Gasteiger partial charge in [0, 0.05) is 60.4 Å². The van der Waals surface area contributed by atoms with Crippen molar-refractivity contribution in [1.29, 1.82) is 5.26 Å². The number of fused-ring (bicyclic) bond motifs is 9. The first-order valence-corrected chi connectivity index (χ1v) is 21.7. The summed E-state index contributed by atoms with van der Waals surface area (Å²) in [5, 5.41) is 17.4. The monoisotopic (exact) mass is 829 g/mol. The Bertz CT molecular complexity index is 3740. The van der Waals surface area contributed by atoms with E-state index in [9.17, 15) is 5.26 Å². The van der Waals surface area contributed by atoms with E-state index in [1.807, 2.05) is 78.9 Å². The van der Waals surface area contributed by atoms with Crippen LogP contribution in [0.3, 0.4) is 0 Å². The van der Waals surface area contributed by atoms with Crippen molar-refractivity contribution in [2.24, 2.45) is 0 Å². The van der Waals surface area contributed by atoms with Gasteiger partial charge in [0.05, 0.1) is 50.4 Å². The van der Waals surface area contributed by atoms with Crippen LogP contribution in [-0.4, -0.2) is 28.7 Å². The third-order valence-electron chi connectivity index (χ3n) is 12.7. The predicted molar refractivity (Wildman–Crippen MR) is 264 cm³/mol. The molecule has 0 N–H and O–H groups in total. The summed E-state index contributed by atoms with van der Waals surface area (Å²) in [6.07, 6.45) is 0. The van der Waals surface area contributed by atoms with E-state index in [0.29, 0.717) is 23.0 Å². The van der Waals surface area contributed by atoms with Gasteiger partial charge in [0.2, 0.25) is 0 Å². The highest BCUT2D eigenvalue weighted by Gasteiger charge is 2.23. The van der Waals surface area contributed by atoms with Crippen LogP contribution in [0.25, 0.3) is 117 Å². The smallest absolute Gasteiger partial charge is 0.166 e. The molecule has 0 spiro atoms. The highest BCUT2D eigenvalue weighted by molar-refractivity contribution is 6.14. The van der Waals surface area contributed by atoms with Crippen LogP contribution >= 0.6 is 0 Å². The summed E-state index contributed by atoms with van der Waals surface area (Å²) < 4.78 is 7.05. The van der Waals surface area contributed by atoms with Gasteiger partial charge in [0.15, 0.2) is 17.5 Å². The zero-order chi connectivity index (χ0) is 43.0. The van der Waals surface area contributed by atoms with Crippen LogP contribution in [0.2, 0.25) is 0 Å². The SMILES string of the molecule is N#Cc1ccc(-n2c3ccc(-n4c5ccccc5c5ccccc54)cc3c3cc(-n4c5ccccc5c5ccccc54)ccc32)c(-c2nc(-c3ccccc3)nc(-c3ccccc3)n2)c1.